The van der Waals surface area contributed by atoms with Gasteiger partial charge in [-0.05, 0) is 42.6 Å². The van der Waals surface area contributed by atoms with E-state index < -0.39 is 0 Å². The first kappa shape index (κ1) is 16.1. The monoisotopic (exact) mass is 242 g/mol. The van der Waals surface area contributed by atoms with Gasteiger partial charge < -0.3 is 0 Å². The molecule has 0 N–H and O–H groups in total. The lowest BCUT2D eigenvalue weighted by molar-refractivity contribution is -0.113. The first-order valence-electron chi connectivity index (χ1n) is 6.02. The van der Waals surface area contributed by atoms with Gasteiger partial charge in [-0.15, -0.1) is 0 Å². The van der Waals surface area contributed by atoms with Gasteiger partial charge in [0.25, 0.3) is 0 Å². The first-order chi connectivity index (χ1) is 8.51. The van der Waals surface area contributed by atoms with E-state index in [1.807, 2.05) is 12.2 Å². The van der Waals surface area contributed by atoms with Crippen LogP contribution in [0.4, 0.5) is 0 Å². The first-order valence-corrected chi connectivity index (χ1v) is 6.02. The van der Waals surface area contributed by atoms with Gasteiger partial charge in [-0.25, -0.2) is 0 Å². The minimum Gasteiger partial charge on any atom is -0.295 e. The molecule has 1 heteroatoms. The lowest BCUT2D eigenvalue weighted by Gasteiger charge is -2.08. The number of carbonyl (C=O) groups excluding carboxylic acids is 1. The van der Waals surface area contributed by atoms with Gasteiger partial charge in [0.2, 0.25) is 0 Å². The van der Waals surface area contributed by atoms with Crippen LogP contribution >= 0.6 is 0 Å². The lowest BCUT2D eigenvalue weighted by atomic mass is 9.97. The van der Waals surface area contributed by atoms with Crippen molar-refractivity contribution in [1.29, 1.82) is 0 Å². The van der Waals surface area contributed by atoms with E-state index in [-0.39, 0.29) is 5.78 Å². The zero-order chi connectivity index (χ0) is 14.1. The van der Waals surface area contributed by atoms with Crippen LogP contribution in [0.5, 0.6) is 0 Å². The van der Waals surface area contributed by atoms with Crippen LogP contribution in [0.3, 0.4) is 0 Å². The number of Topliss-reactive ketones (excluding diaryl/α,β-unsaturated/α-hetero) is 1. The molecule has 0 radical (unpaired) electrons. The fourth-order valence-electron chi connectivity index (χ4n) is 1.48. The largest absolute Gasteiger partial charge is 0.295 e. The van der Waals surface area contributed by atoms with E-state index in [1.165, 1.54) is 0 Å². The Bertz CT molecular complexity index is 442. The molecular weight excluding hydrogens is 220 g/mol. The van der Waals surface area contributed by atoms with Gasteiger partial charge >= 0.3 is 0 Å². The molecule has 0 amide bonds. The molecule has 1 nitrogen and oxygen atoms in total. The van der Waals surface area contributed by atoms with E-state index in [4.69, 9.17) is 0 Å². The quantitative estimate of drug-likeness (QED) is 0.466. The molecule has 0 fully saturated rings. The summed E-state index contributed by atoms with van der Waals surface area (Å²) in [6.07, 6.45) is 9.96. The van der Waals surface area contributed by atoms with Crippen molar-refractivity contribution in [3.63, 3.8) is 0 Å². The van der Waals surface area contributed by atoms with Gasteiger partial charge in [0.05, 0.1) is 0 Å². The smallest absolute Gasteiger partial charge is 0.155 e. The number of rotatable bonds is 7. The van der Waals surface area contributed by atoms with Crippen molar-refractivity contribution >= 4 is 5.78 Å². The molecular formula is C17H22O. The van der Waals surface area contributed by atoms with Crippen LogP contribution in [-0.4, -0.2) is 5.78 Å². The molecule has 0 aliphatic heterocycles. The highest BCUT2D eigenvalue weighted by molar-refractivity contribution is 5.92. The topological polar surface area (TPSA) is 17.1 Å². The Kier molecular flexibility index (Phi) is 7.37. The molecule has 0 rings (SSSR count). The van der Waals surface area contributed by atoms with Crippen LogP contribution in [0.15, 0.2) is 72.4 Å². The van der Waals surface area contributed by atoms with Crippen molar-refractivity contribution in [2.75, 3.05) is 0 Å². The SMILES string of the molecule is C=CC(=C\C=C(/C)C(C)=O)/C(C=C)=C(/C=C)CC. The van der Waals surface area contributed by atoms with Crippen LogP contribution < -0.4 is 0 Å². The molecule has 0 bridgehead atoms. The van der Waals surface area contributed by atoms with Crippen LogP contribution in [0.1, 0.15) is 27.2 Å². The summed E-state index contributed by atoms with van der Waals surface area (Å²) in [6.45, 7) is 16.9. The summed E-state index contributed by atoms with van der Waals surface area (Å²) in [6, 6.07) is 0. The average Bonchev–Trinajstić information content (AvgIpc) is 2.37. The van der Waals surface area contributed by atoms with E-state index in [0.29, 0.717) is 0 Å². The molecule has 18 heavy (non-hydrogen) atoms. The lowest BCUT2D eigenvalue weighted by Crippen LogP contribution is -1.92. The third-order valence-corrected chi connectivity index (χ3v) is 2.78. The predicted octanol–water partition coefficient (Wildman–Crippen LogP) is 4.71. The maximum atomic E-state index is 11.2. The van der Waals surface area contributed by atoms with Gasteiger partial charge in [0, 0.05) is 0 Å². The molecule has 0 aromatic rings. The van der Waals surface area contributed by atoms with Crippen LogP contribution in [-0.2, 0) is 4.79 Å². The summed E-state index contributed by atoms with van der Waals surface area (Å²) in [7, 11) is 0. The van der Waals surface area contributed by atoms with Gasteiger partial charge in [-0.1, -0.05) is 57.0 Å². The van der Waals surface area contributed by atoms with Crippen molar-refractivity contribution in [3.8, 4) is 0 Å². The maximum Gasteiger partial charge on any atom is 0.155 e. The third kappa shape index (κ3) is 4.54. The van der Waals surface area contributed by atoms with Gasteiger partial charge in [-0.3, -0.25) is 4.79 Å². The van der Waals surface area contributed by atoms with Crippen molar-refractivity contribution < 1.29 is 4.79 Å². The number of allylic oxidation sites excluding steroid dienone is 9. The van der Waals surface area contributed by atoms with E-state index in [1.54, 1.807) is 32.1 Å². The van der Waals surface area contributed by atoms with E-state index in [2.05, 4.69) is 26.7 Å². The fourth-order valence-corrected chi connectivity index (χ4v) is 1.48. The predicted molar refractivity (Wildman–Crippen MR) is 80.4 cm³/mol. The summed E-state index contributed by atoms with van der Waals surface area (Å²) in [4.78, 5) is 11.2. The highest BCUT2D eigenvalue weighted by Gasteiger charge is 2.02. The molecule has 0 aliphatic carbocycles. The summed E-state index contributed by atoms with van der Waals surface area (Å²) in [5, 5.41) is 0. The van der Waals surface area contributed by atoms with Crippen molar-refractivity contribution in [3.05, 3.63) is 72.4 Å². The number of carbonyl (C=O) groups is 1. The fraction of sp³-hybridized carbons (Fsp3) is 0.235. The number of ketones is 1. The minimum atomic E-state index is 0.0678. The molecule has 0 unspecified atom stereocenters. The Labute approximate surface area is 111 Å². The van der Waals surface area contributed by atoms with Crippen LogP contribution in [0.2, 0.25) is 0 Å². The van der Waals surface area contributed by atoms with Crippen molar-refractivity contribution in [2.24, 2.45) is 0 Å². The Morgan fingerprint density at radius 3 is 1.94 bits per heavy atom. The zero-order valence-corrected chi connectivity index (χ0v) is 11.6. The van der Waals surface area contributed by atoms with Crippen molar-refractivity contribution in [1.82, 2.24) is 0 Å². The van der Waals surface area contributed by atoms with E-state index in [9.17, 15) is 4.79 Å². The maximum absolute atomic E-state index is 11.2. The second-order valence-electron chi connectivity index (χ2n) is 3.93. The Morgan fingerprint density at radius 1 is 1.00 bits per heavy atom. The molecule has 0 aromatic heterocycles. The highest BCUT2D eigenvalue weighted by Crippen LogP contribution is 2.20. The van der Waals surface area contributed by atoms with Gasteiger partial charge in [-0.2, -0.15) is 0 Å². The third-order valence-electron chi connectivity index (χ3n) is 2.78. The Hall–Kier alpha value is -1.89. The summed E-state index contributed by atoms with van der Waals surface area (Å²) < 4.78 is 0. The Balaban J connectivity index is 5.63. The average molecular weight is 242 g/mol. The Morgan fingerprint density at radius 2 is 1.61 bits per heavy atom. The second kappa shape index (κ2) is 8.24. The van der Waals surface area contributed by atoms with Gasteiger partial charge in [0.1, 0.15) is 0 Å². The summed E-state index contributed by atoms with van der Waals surface area (Å²) in [5.74, 6) is 0.0678. The highest BCUT2D eigenvalue weighted by atomic mass is 16.1. The second-order valence-corrected chi connectivity index (χ2v) is 3.93. The summed E-state index contributed by atoms with van der Waals surface area (Å²) >= 11 is 0. The van der Waals surface area contributed by atoms with E-state index >= 15 is 0 Å². The normalized spacial score (nSPS) is 13.7. The zero-order valence-electron chi connectivity index (χ0n) is 11.6. The molecule has 0 saturated carbocycles. The molecule has 0 aliphatic rings. The molecule has 0 heterocycles. The molecule has 0 aromatic carbocycles. The van der Waals surface area contributed by atoms with Crippen molar-refractivity contribution in [2.45, 2.75) is 27.2 Å². The standard InChI is InChI=1S/C17H22O/c1-7-15(8-2)17(10-4)16(9-3)12-11-13(5)14(6)18/h7,9-12H,1,3-4,8H2,2,5-6H3/b13-11+,16-12+,17-15-. The molecule has 96 valence electrons. The minimum absolute atomic E-state index is 0.0678. The molecule has 0 saturated heterocycles. The van der Waals surface area contributed by atoms with Crippen LogP contribution in [0.25, 0.3) is 0 Å². The van der Waals surface area contributed by atoms with Crippen LogP contribution in [0, 0.1) is 0 Å². The molecule has 0 spiro atoms. The van der Waals surface area contributed by atoms with Gasteiger partial charge in [0.15, 0.2) is 5.78 Å². The molecule has 0 atom stereocenters. The number of hydrogen-bond acceptors (Lipinski definition) is 1. The number of hydrogen-bond donors (Lipinski definition) is 0. The van der Waals surface area contributed by atoms with E-state index in [0.717, 1.165) is 28.7 Å². The summed E-state index contributed by atoms with van der Waals surface area (Å²) in [5.41, 5.74) is 3.79.